The molecule has 0 amide bonds. The summed E-state index contributed by atoms with van der Waals surface area (Å²) in [7, 11) is 0. The quantitative estimate of drug-likeness (QED) is 0.305. The third-order valence-electron chi connectivity index (χ3n) is 4.90. The van der Waals surface area contributed by atoms with Crippen molar-refractivity contribution in [2.75, 3.05) is 6.61 Å². The summed E-state index contributed by atoms with van der Waals surface area (Å²) in [6.45, 7) is 11.7. The molecule has 1 unspecified atom stereocenters. The smallest absolute Gasteiger partial charge is 0.127 e. The number of hydrogen-bond donors (Lipinski definition) is 2. The summed E-state index contributed by atoms with van der Waals surface area (Å²) in [5, 5.41) is 0. The molecular formula is C24H32OS3. The molecule has 0 radical (unpaired) electrons. The largest absolute Gasteiger partial charge is 0.493 e. The minimum absolute atomic E-state index is 0.497. The third kappa shape index (κ3) is 6.53. The third-order valence-corrected chi connectivity index (χ3v) is 7.26. The lowest BCUT2D eigenvalue weighted by Crippen LogP contribution is -2.04. The van der Waals surface area contributed by atoms with Crippen molar-refractivity contribution >= 4 is 41.9 Å². The van der Waals surface area contributed by atoms with Crippen LogP contribution in [0.25, 0.3) is 4.91 Å². The van der Waals surface area contributed by atoms with Crippen LogP contribution in [0.2, 0.25) is 0 Å². The zero-order valence-corrected chi connectivity index (χ0v) is 20.1. The number of thioether (sulfide) groups is 1. The van der Waals surface area contributed by atoms with Crippen molar-refractivity contribution in [2.45, 2.75) is 58.3 Å². The van der Waals surface area contributed by atoms with E-state index in [0.29, 0.717) is 18.4 Å². The maximum atomic E-state index is 6.14. The van der Waals surface area contributed by atoms with Crippen molar-refractivity contribution in [3.05, 3.63) is 63.4 Å². The van der Waals surface area contributed by atoms with Gasteiger partial charge in [0.15, 0.2) is 0 Å². The second-order valence-corrected chi connectivity index (χ2v) is 9.87. The van der Waals surface area contributed by atoms with Gasteiger partial charge in [-0.25, -0.2) is 0 Å². The highest BCUT2D eigenvalue weighted by Crippen LogP contribution is 2.42. The van der Waals surface area contributed by atoms with Crippen molar-refractivity contribution in [1.82, 2.24) is 0 Å². The first kappa shape index (κ1) is 23.3. The standard InChI is InChI=1S/C24H32OS3/c1-6-17(4)19-11-12-21(25-14-13-16(2)3)20(15-19)23(26)24(27)28-22-10-8-7-9-18(22)5/h7-12,15-17,26-27H,6,13-14H2,1-5H3/b24-23+. The van der Waals surface area contributed by atoms with Crippen LogP contribution in [0.5, 0.6) is 5.75 Å². The lowest BCUT2D eigenvalue weighted by atomic mass is 9.96. The first-order valence-electron chi connectivity index (χ1n) is 9.96. The molecule has 1 nitrogen and oxygen atoms in total. The van der Waals surface area contributed by atoms with Crippen LogP contribution in [-0.4, -0.2) is 6.61 Å². The summed E-state index contributed by atoms with van der Waals surface area (Å²) >= 11 is 11.3. The Morgan fingerprint density at radius 3 is 2.43 bits per heavy atom. The van der Waals surface area contributed by atoms with Crippen molar-refractivity contribution in [1.29, 1.82) is 0 Å². The Labute approximate surface area is 186 Å². The normalized spacial score (nSPS) is 13.4. The van der Waals surface area contributed by atoms with Gasteiger partial charge in [0, 0.05) is 15.4 Å². The van der Waals surface area contributed by atoms with Crippen LogP contribution in [0, 0.1) is 12.8 Å². The minimum Gasteiger partial charge on any atom is -0.493 e. The van der Waals surface area contributed by atoms with Crippen LogP contribution >= 0.6 is 37.0 Å². The van der Waals surface area contributed by atoms with Crippen molar-refractivity contribution in [2.24, 2.45) is 5.92 Å². The van der Waals surface area contributed by atoms with E-state index in [4.69, 9.17) is 30.0 Å². The molecule has 28 heavy (non-hydrogen) atoms. The molecule has 2 rings (SSSR count). The van der Waals surface area contributed by atoms with Crippen LogP contribution < -0.4 is 4.74 Å². The molecule has 0 saturated carbocycles. The van der Waals surface area contributed by atoms with E-state index in [1.54, 1.807) is 11.8 Å². The van der Waals surface area contributed by atoms with Gasteiger partial charge in [0.25, 0.3) is 0 Å². The molecule has 0 fully saturated rings. The minimum atomic E-state index is 0.497. The molecule has 0 aliphatic carbocycles. The van der Waals surface area contributed by atoms with Gasteiger partial charge in [-0.1, -0.05) is 63.7 Å². The molecule has 0 aliphatic rings. The highest BCUT2D eigenvalue weighted by Gasteiger charge is 2.15. The van der Waals surface area contributed by atoms with E-state index >= 15 is 0 Å². The Kier molecular flexibility index (Phi) is 9.39. The van der Waals surface area contributed by atoms with E-state index in [9.17, 15) is 0 Å². The number of hydrogen-bond acceptors (Lipinski definition) is 4. The van der Waals surface area contributed by atoms with Gasteiger partial charge in [0.05, 0.1) is 10.8 Å². The molecule has 0 aromatic heterocycles. The number of benzene rings is 2. The van der Waals surface area contributed by atoms with Crippen molar-refractivity contribution < 1.29 is 4.74 Å². The summed E-state index contributed by atoms with van der Waals surface area (Å²) in [5.41, 5.74) is 3.57. The molecule has 0 spiro atoms. The number of aryl methyl sites for hydroxylation is 1. The summed E-state index contributed by atoms with van der Waals surface area (Å²) in [6.07, 6.45) is 2.13. The summed E-state index contributed by atoms with van der Waals surface area (Å²) < 4.78 is 7.02. The number of thiol groups is 2. The fraction of sp³-hybridized carbons (Fsp3) is 0.417. The van der Waals surface area contributed by atoms with Crippen LogP contribution in [0.1, 0.15) is 63.1 Å². The zero-order valence-electron chi connectivity index (χ0n) is 17.5. The van der Waals surface area contributed by atoms with Gasteiger partial charge >= 0.3 is 0 Å². The van der Waals surface area contributed by atoms with Crippen molar-refractivity contribution in [3.63, 3.8) is 0 Å². The zero-order chi connectivity index (χ0) is 20.7. The molecule has 0 N–H and O–H groups in total. The summed E-state index contributed by atoms with van der Waals surface area (Å²) in [5.74, 6) is 2.00. The van der Waals surface area contributed by atoms with E-state index in [1.165, 1.54) is 16.0 Å². The van der Waals surface area contributed by atoms with Gasteiger partial charge in [-0.3, -0.25) is 0 Å². The molecule has 0 aliphatic heterocycles. The second-order valence-electron chi connectivity index (χ2n) is 7.62. The molecule has 0 heterocycles. The van der Waals surface area contributed by atoms with Crippen LogP contribution in [0.4, 0.5) is 0 Å². The summed E-state index contributed by atoms with van der Waals surface area (Å²) in [4.78, 5) is 2.06. The van der Waals surface area contributed by atoms with Gasteiger partial charge in [-0.15, -0.1) is 25.3 Å². The summed E-state index contributed by atoms with van der Waals surface area (Å²) in [6, 6.07) is 14.8. The first-order valence-corrected chi connectivity index (χ1v) is 11.7. The Hall–Kier alpha value is -0.970. The Balaban J connectivity index is 2.38. The SMILES string of the molecule is CCC(C)c1ccc(OCCC(C)C)c(/C(S)=C(/S)Sc2ccccc2C)c1. The van der Waals surface area contributed by atoms with E-state index in [1.807, 2.05) is 0 Å². The first-order chi connectivity index (χ1) is 13.3. The predicted octanol–water partition coefficient (Wildman–Crippen LogP) is 8.21. The van der Waals surface area contributed by atoms with E-state index < -0.39 is 0 Å². The molecule has 0 saturated heterocycles. The van der Waals surface area contributed by atoms with Gasteiger partial charge < -0.3 is 4.74 Å². The predicted molar refractivity (Wildman–Crippen MR) is 132 cm³/mol. The van der Waals surface area contributed by atoms with Gasteiger partial charge in [0.2, 0.25) is 0 Å². The number of rotatable bonds is 9. The monoisotopic (exact) mass is 432 g/mol. The maximum absolute atomic E-state index is 6.14. The van der Waals surface area contributed by atoms with E-state index in [0.717, 1.165) is 33.3 Å². The molecule has 4 heteroatoms. The Bertz CT molecular complexity index is 811. The molecule has 0 bridgehead atoms. The molecule has 2 aromatic carbocycles. The lowest BCUT2D eigenvalue weighted by Gasteiger charge is -2.17. The van der Waals surface area contributed by atoms with E-state index in [-0.39, 0.29) is 0 Å². The fourth-order valence-electron chi connectivity index (χ4n) is 2.74. The maximum Gasteiger partial charge on any atom is 0.127 e. The van der Waals surface area contributed by atoms with Crippen LogP contribution in [0.3, 0.4) is 0 Å². The lowest BCUT2D eigenvalue weighted by molar-refractivity contribution is 0.289. The molecule has 2 aromatic rings. The molecule has 1 atom stereocenters. The Morgan fingerprint density at radius 1 is 1.07 bits per heavy atom. The average Bonchev–Trinajstić information content (AvgIpc) is 2.68. The topological polar surface area (TPSA) is 9.23 Å². The number of ether oxygens (including phenoxy) is 1. The van der Waals surface area contributed by atoms with Crippen molar-refractivity contribution in [3.8, 4) is 5.75 Å². The average molecular weight is 433 g/mol. The second kappa shape index (κ2) is 11.3. The van der Waals surface area contributed by atoms with Gasteiger partial charge in [-0.05, 0) is 60.9 Å². The highest BCUT2D eigenvalue weighted by atomic mass is 32.2. The fourth-order valence-corrected chi connectivity index (χ4v) is 4.26. The Morgan fingerprint density at radius 2 is 1.79 bits per heavy atom. The van der Waals surface area contributed by atoms with E-state index in [2.05, 4.69) is 77.1 Å². The van der Waals surface area contributed by atoms with Crippen LogP contribution in [-0.2, 0) is 0 Å². The molecule has 152 valence electrons. The van der Waals surface area contributed by atoms with Crippen LogP contribution in [0.15, 0.2) is 51.6 Å². The molecular weight excluding hydrogens is 400 g/mol. The van der Waals surface area contributed by atoms with Gasteiger partial charge in [0.1, 0.15) is 5.75 Å². The highest BCUT2D eigenvalue weighted by molar-refractivity contribution is 8.17. The van der Waals surface area contributed by atoms with Gasteiger partial charge in [-0.2, -0.15) is 0 Å².